The lowest BCUT2D eigenvalue weighted by Crippen LogP contribution is -2.02. The van der Waals surface area contributed by atoms with Crippen LogP contribution in [-0.2, 0) is 4.79 Å². The van der Waals surface area contributed by atoms with E-state index >= 15 is 0 Å². The van der Waals surface area contributed by atoms with Crippen molar-refractivity contribution in [3.05, 3.63) is 65.4 Å². The van der Waals surface area contributed by atoms with Crippen molar-refractivity contribution in [1.29, 1.82) is 0 Å². The number of aliphatic hydroxyl groups is 1. The molecule has 0 aliphatic heterocycles. The number of aliphatic hydroxyl groups excluding tert-OH is 1. The summed E-state index contributed by atoms with van der Waals surface area (Å²) in [5.41, 5.74) is -0.0882. The Hall–Kier alpha value is -2.46. The van der Waals surface area contributed by atoms with E-state index in [1.807, 2.05) is 6.07 Å². The normalized spacial score (nSPS) is 11.2. The Morgan fingerprint density at radius 2 is 1.85 bits per heavy atom. The second-order valence-electron chi connectivity index (χ2n) is 3.90. The van der Waals surface area contributed by atoms with E-state index in [4.69, 9.17) is 26.6 Å². The van der Waals surface area contributed by atoms with Crippen LogP contribution in [-0.4, -0.2) is 16.2 Å². The molecule has 0 amide bonds. The van der Waals surface area contributed by atoms with Crippen LogP contribution in [0.1, 0.15) is 5.56 Å². The summed E-state index contributed by atoms with van der Waals surface area (Å²) in [5.74, 6) is -0.422. The fraction of sp³-hybridized carbons (Fsp3) is 0. The van der Waals surface area contributed by atoms with Gasteiger partial charge in [0.2, 0.25) is 0 Å². The summed E-state index contributed by atoms with van der Waals surface area (Å²) in [4.78, 5) is 11.1. The maximum absolute atomic E-state index is 11.1. The average molecular weight is 291 g/mol. The number of aliphatic carboxylic acids is 1. The minimum absolute atomic E-state index is 0.205. The first kappa shape index (κ1) is 14.0. The third-order valence-electron chi connectivity index (χ3n) is 2.56. The Balaban J connectivity index is 2.46. The van der Waals surface area contributed by atoms with Crippen molar-refractivity contribution in [2.24, 2.45) is 0 Å². The van der Waals surface area contributed by atoms with Crippen molar-refractivity contribution in [1.82, 2.24) is 0 Å². The zero-order chi connectivity index (χ0) is 14.5. The molecule has 0 heterocycles. The molecule has 0 aliphatic carbocycles. The molecule has 0 saturated heterocycles. The maximum Gasteiger partial charge on any atom is 0.339 e. The molecule has 0 radical (unpaired) electrons. The number of para-hydroxylation sites is 1. The molecule has 0 aliphatic rings. The van der Waals surface area contributed by atoms with Crippen molar-refractivity contribution < 1.29 is 19.7 Å². The number of benzene rings is 2. The Morgan fingerprint density at radius 3 is 2.45 bits per heavy atom. The van der Waals surface area contributed by atoms with Gasteiger partial charge in [-0.15, -0.1) is 0 Å². The first-order valence-electron chi connectivity index (χ1n) is 5.72. The summed E-state index contributed by atoms with van der Waals surface area (Å²) in [6, 6.07) is 13.5. The lowest BCUT2D eigenvalue weighted by atomic mass is 10.1. The molecule has 0 aromatic heterocycles. The Bertz CT molecular complexity index is 650. The lowest BCUT2D eigenvalue weighted by molar-refractivity contribution is -0.130. The number of halogens is 1. The monoisotopic (exact) mass is 290 g/mol. The molecule has 2 aromatic rings. The van der Waals surface area contributed by atoms with Crippen molar-refractivity contribution in [3.63, 3.8) is 0 Å². The number of carboxylic acids is 1. The molecule has 0 bridgehead atoms. The molecular weight excluding hydrogens is 280 g/mol. The summed E-state index contributed by atoms with van der Waals surface area (Å²) >= 11 is 5.87. The van der Waals surface area contributed by atoms with Crippen molar-refractivity contribution in [2.75, 3.05) is 0 Å². The fourth-order valence-corrected chi connectivity index (χ4v) is 1.83. The van der Waals surface area contributed by atoms with E-state index < -0.39 is 5.97 Å². The number of hydrogen-bond donors (Lipinski definition) is 2. The molecular formula is C15H11ClO4. The Labute approximate surface area is 120 Å². The van der Waals surface area contributed by atoms with Gasteiger partial charge < -0.3 is 14.9 Å². The molecule has 2 N–H and O–H groups in total. The summed E-state index contributed by atoms with van der Waals surface area (Å²) < 4.78 is 5.62. The van der Waals surface area contributed by atoms with Crippen LogP contribution in [0.5, 0.6) is 11.5 Å². The van der Waals surface area contributed by atoms with Crippen LogP contribution in [0.15, 0.2) is 54.8 Å². The molecule has 0 spiro atoms. The van der Waals surface area contributed by atoms with Gasteiger partial charge in [-0.25, -0.2) is 4.79 Å². The SMILES string of the molecule is O=C(O)/C(=C\O)c1cc(Cl)ccc1Oc1ccccc1. The summed E-state index contributed by atoms with van der Waals surface area (Å²) in [7, 11) is 0. The van der Waals surface area contributed by atoms with Gasteiger partial charge in [0.25, 0.3) is 0 Å². The highest BCUT2D eigenvalue weighted by Crippen LogP contribution is 2.32. The second kappa shape index (κ2) is 6.12. The first-order chi connectivity index (χ1) is 9.61. The zero-order valence-electron chi connectivity index (χ0n) is 10.3. The standard InChI is InChI=1S/C15H11ClO4/c16-10-6-7-14(20-11-4-2-1-3-5-11)12(8-10)13(9-17)15(18)19/h1-9,17H,(H,18,19)/b13-9-. The van der Waals surface area contributed by atoms with Gasteiger partial charge in [-0.2, -0.15) is 0 Å². The van der Waals surface area contributed by atoms with Gasteiger partial charge in [0, 0.05) is 10.6 Å². The predicted molar refractivity (Wildman–Crippen MR) is 76.2 cm³/mol. The number of rotatable bonds is 4. The van der Waals surface area contributed by atoms with Crippen LogP contribution in [0.2, 0.25) is 5.02 Å². The lowest BCUT2D eigenvalue weighted by Gasteiger charge is -2.11. The van der Waals surface area contributed by atoms with Crippen LogP contribution < -0.4 is 4.74 Å². The van der Waals surface area contributed by atoms with Crippen molar-refractivity contribution >= 4 is 23.1 Å². The number of ether oxygens (including phenoxy) is 1. The van der Waals surface area contributed by atoms with E-state index in [0.717, 1.165) is 0 Å². The maximum atomic E-state index is 11.1. The van der Waals surface area contributed by atoms with E-state index in [1.165, 1.54) is 6.07 Å². The van der Waals surface area contributed by atoms with Crippen LogP contribution >= 0.6 is 11.6 Å². The molecule has 20 heavy (non-hydrogen) atoms. The van der Waals surface area contributed by atoms with Crippen LogP contribution in [0.4, 0.5) is 0 Å². The van der Waals surface area contributed by atoms with E-state index in [1.54, 1.807) is 36.4 Å². The molecule has 0 atom stereocenters. The number of hydrogen-bond acceptors (Lipinski definition) is 3. The zero-order valence-corrected chi connectivity index (χ0v) is 11.0. The van der Waals surface area contributed by atoms with E-state index in [0.29, 0.717) is 22.8 Å². The van der Waals surface area contributed by atoms with Gasteiger partial charge >= 0.3 is 5.97 Å². The molecule has 0 saturated carbocycles. The quantitative estimate of drug-likeness (QED) is 0.657. The van der Waals surface area contributed by atoms with Crippen LogP contribution in [0, 0.1) is 0 Å². The average Bonchev–Trinajstić information content (AvgIpc) is 2.43. The highest BCUT2D eigenvalue weighted by atomic mass is 35.5. The largest absolute Gasteiger partial charge is 0.515 e. The topological polar surface area (TPSA) is 66.8 Å². The summed E-state index contributed by atoms with van der Waals surface area (Å²) in [6.45, 7) is 0. The smallest absolute Gasteiger partial charge is 0.339 e. The van der Waals surface area contributed by atoms with Gasteiger partial charge in [-0.3, -0.25) is 0 Å². The summed E-state index contributed by atoms with van der Waals surface area (Å²) in [5, 5.41) is 18.5. The second-order valence-corrected chi connectivity index (χ2v) is 4.34. The van der Waals surface area contributed by atoms with Gasteiger partial charge in [0.05, 0.1) is 6.26 Å². The Morgan fingerprint density at radius 1 is 1.15 bits per heavy atom. The van der Waals surface area contributed by atoms with E-state index in [9.17, 15) is 4.79 Å². The van der Waals surface area contributed by atoms with Gasteiger partial charge in [-0.05, 0) is 30.3 Å². The van der Waals surface area contributed by atoms with E-state index in [2.05, 4.69) is 0 Å². The van der Waals surface area contributed by atoms with Crippen LogP contribution in [0.3, 0.4) is 0 Å². The highest BCUT2D eigenvalue weighted by molar-refractivity contribution is 6.31. The fourth-order valence-electron chi connectivity index (χ4n) is 1.66. The van der Waals surface area contributed by atoms with Crippen molar-refractivity contribution in [2.45, 2.75) is 0 Å². The summed E-state index contributed by atoms with van der Waals surface area (Å²) in [6.07, 6.45) is 0.520. The van der Waals surface area contributed by atoms with Gasteiger partial charge in [0.1, 0.15) is 17.1 Å². The molecule has 4 nitrogen and oxygen atoms in total. The van der Waals surface area contributed by atoms with E-state index in [-0.39, 0.29) is 11.1 Å². The third kappa shape index (κ3) is 3.10. The molecule has 2 aromatic carbocycles. The molecule has 0 fully saturated rings. The minimum atomic E-state index is -1.27. The number of carbonyl (C=O) groups is 1. The molecule has 0 unspecified atom stereocenters. The predicted octanol–water partition coefficient (Wildman–Crippen LogP) is 4.12. The Kier molecular flexibility index (Phi) is 4.27. The van der Waals surface area contributed by atoms with Gasteiger partial charge in [0.15, 0.2) is 0 Å². The minimum Gasteiger partial charge on any atom is -0.515 e. The van der Waals surface area contributed by atoms with Crippen LogP contribution in [0.25, 0.3) is 5.57 Å². The highest BCUT2D eigenvalue weighted by Gasteiger charge is 2.17. The van der Waals surface area contributed by atoms with Gasteiger partial charge in [-0.1, -0.05) is 29.8 Å². The third-order valence-corrected chi connectivity index (χ3v) is 2.80. The van der Waals surface area contributed by atoms with Crippen molar-refractivity contribution in [3.8, 4) is 11.5 Å². The molecule has 2 rings (SSSR count). The molecule has 5 heteroatoms. The first-order valence-corrected chi connectivity index (χ1v) is 6.10. The number of carboxylic acid groups (broad SMARTS) is 1. The molecule has 102 valence electrons.